The number of carboxylic acids is 2. The number of unbranched alkanes of at least 4 members (excludes halogenated alkanes) is 2. The second-order valence-corrected chi connectivity index (χ2v) is 43.8. The Labute approximate surface area is 329 Å². The summed E-state index contributed by atoms with van der Waals surface area (Å²) in [5.41, 5.74) is 0. The summed E-state index contributed by atoms with van der Waals surface area (Å²) in [6, 6.07) is 0. The van der Waals surface area contributed by atoms with Crippen LogP contribution in [0.5, 0.6) is 0 Å². The Morgan fingerprint density at radius 3 is 1.17 bits per heavy atom. The number of nitrogens with one attached hydrogen (secondary N) is 2. The smallest absolute Gasteiger partial charge is 0.402 e. The topological polar surface area (TPSA) is 188 Å². The molecule has 0 unspecified atom stereocenters. The van der Waals surface area contributed by atoms with E-state index in [1.807, 2.05) is 53.1 Å². The maximum atomic E-state index is 10.8. The van der Waals surface area contributed by atoms with E-state index >= 15 is 0 Å². The second-order valence-electron chi connectivity index (χ2n) is 16.7. The van der Waals surface area contributed by atoms with Crippen LogP contribution in [0.3, 0.4) is 0 Å². The Morgan fingerprint density at radius 1 is 0.547 bits per heavy atom. The monoisotopic (exact) mass is 872 g/mol. The van der Waals surface area contributed by atoms with Crippen molar-refractivity contribution in [3.05, 3.63) is 12.2 Å². The predicted octanol–water partition coefficient (Wildman–Crippen LogP) is 6.61. The van der Waals surface area contributed by atoms with E-state index in [9.17, 15) is 19.2 Å². The summed E-state index contributed by atoms with van der Waals surface area (Å²) >= 11 is 0. The minimum Gasteiger partial charge on any atom is -0.481 e. The minimum absolute atomic E-state index is 0.0824. The van der Waals surface area contributed by atoms with Gasteiger partial charge in [0.05, 0.1) is 6.42 Å². The van der Waals surface area contributed by atoms with E-state index in [2.05, 4.69) is 69.6 Å². The quantitative estimate of drug-likeness (QED) is 0.0490. The molecule has 4 N–H and O–H groups in total. The van der Waals surface area contributed by atoms with Crippen molar-refractivity contribution in [1.29, 1.82) is 0 Å². The molecule has 0 rings (SSSR count). The molecule has 0 bridgehead atoms. The highest BCUT2D eigenvalue weighted by Crippen LogP contribution is 2.28. The van der Waals surface area contributed by atoms with Crippen LogP contribution >= 0.6 is 0 Å². The van der Waals surface area contributed by atoms with Crippen molar-refractivity contribution in [2.75, 3.05) is 13.1 Å². The van der Waals surface area contributed by atoms with Crippen LogP contribution in [0.25, 0.3) is 0 Å². The van der Waals surface area contributed by atoms with Crippen LogP contribution in [-0.4, -0.2) is 114 Å². The van der Waals surface area contributed by atoms with Gasteiger partial charge in [0, 0.05) is 31.7 Å². The molecule has 310 valence electrons. The Hall–Kier alpha value is -1.04. The molecule has 0 aromatic carbocycles. The molecule has 0 saturated carbocycles. The molecular weight excluding hydrogens is 800 g/mol. The molecule has 0 aromatic rings. The van der Waals surface area contributed by atoms with Gasteiger partial charge in [-0.2, -0.15) is 0 Å². The standard InChI is InChI=1S/C15H45BO6Si7.C8H15NO3.C8H13NO3/c1-23(2,3)17-26(10,11)20-29(16,21-27(12,13)18-24(4,5)6)22-28(14,15)19-25(7,8)9;2*1-2-3-6-9-7(10)4-5-8(11)12/h1-15H3;2-6H2,1H3,(H,9,10)(H,11,12);4-5H,2-3,6H2,1H3,(H,9,10)(H,11,12)/b;;5-4-. The van der Waals surface area contributed by atoms with Gasteiger partial charge >= 0.3 is 46.3 Å². The van der Waals surface area contributed by atoms with Crippen LogP contribution in [0.4, 0.5) is 0 Å². The first-order valence-electron chi connectivity index (χ1n) is 18.2. The van der Waals surface area contributed by atoms with Crippen molar-refractivity contribution >= 4 is 90.5 Å². The first kappa shape index (κ1) is 56.3. The Morgan fingerprint density at radius 2 is 0.887 bits per heavy atom. The third-order valence-electron chi connectivity index (χ3n) is 5.45. The van der Waals surface area contributed by atoms with Crippen molar-refractivity contribution < 1.29 is 54.1 Å². The van der Waals surface area contributed by atoms with Gasteiger partial charge in [-0.25, -0.2) is 4.79 Å². The number of carbonyl (C=O) groups excluding carboxylic acids is 2. The lowest BCUT2D eigenvalue weighted by molar-refractivity contribution is -0.138. The van der Waals surface area contributed by atoms with Crippen molar-refractivity contribution in [3.8, 4) is 0 Å². The number of amides is 2. The first-order chi connectivity index (χ1) is 23.6. The summed E-state index contributed by atoms with van der Waals surface area (Å²) in [5.74, 6) is -2.57. The van der Waals surface area contributed by atoms with E-state index in [1.54, 1.807) is 0 Å². The number of carboxylic acid groups (broad SMARTS) is 2. The van der Waals surface area contributed by atoms with E-state index < -0.39 is 71.2 Å². The van der Waals surface area contributed by atoms with Gasteiger partial charge in [0.25, 0.3) is 0 Å². The molecule has 0 aliphatic carbocycles. The van der Waals surface area contributed by atoms with E-state index in [0.717, 1.165) is 37.8 Å². The number of carbonyl (C=O) groups is 4. The average molecular weight is 873 g/mol. The summed E-state index contributed by atoms with van der Waals surface area (Å²) in [7, 11) is -10.0. The van der Waals surface area contributed by atoms with Crippen LogP contribution in [0, 0.1) is 0 Å². The normalized spacial score (nSPS) is 13.0. The largest absolute Gasteiger partial charge is 0.481 e. The van der Waals surface area contributed by atoms with Crippen molar-refractivity contribution in [3.63, 3.8) is 0 Å². The molecule has 2 radical (unpaired) electrons. The lowest BCUT2D eigenvalue weighted by Crippen LogP contribution is -2.66. The van der Waals surface area contributed by atoms with Gasteiger partial charge in [-0.3, -0.25) is 14.4 Å². The third-order valence-corrected chi connectivity index (χ3v) is 28.0. The van der Waals surface area contributed by atoms with Crippen LogP contribution in [-0.2, 0) is 43.9 Å². The summed E-state index contributed by atoms with van der Waals surface area (Å²) in [5, 5.41) is 21.6. The molecule has 0 saturated heterocycles. The molecule has 0 atom stereocenters. The first-order valence-corrected chi connectivity index (χ1v) is 38.7. The lowest BCUT2D eigenvalue weighted by Gasteiger charge is -2.45. The van der Waals surface area contributed by atoms with Gasteiger partial charge in [0.15, 0.2) is 32.4 Å². The lowest BCUT2D eigenvalue weighted by atomic mass is 10.3. The van der Waals surface area contributed by atoms with E-state index in [4.69, 9.17) is 42.3 Å². The van der Waals surface area contributed by atoms with Gasteiger partial charge in [0.1, 0.15) is 0 Å². The highest BCUT2D eigenvalue weighted by molar-refractivity contribution is 7.14. The molecule has 0 aromatic heterocycles. The maximum absolute atomic E-state index is 10.8. The van der Waals surface area contributed by atoms with E-state index in [1.165, 1.54) is 0 Å². The zero-order valence-electron chi connectivity index (χ0n) is 35.9. The summed E-state index contributed by atoms with van der Waals surface area (Å²) in [6.07, 6.45) is 5.71. The predicted molar refractivity (Wildman–Crippen MR) is 230 cm³/mol. The van der Waals surface area contributed by atoms with Gasteiger partial charge < -0.3 is 45.5 Å². The summed E-state index contributed by atoms with van der Waals surface area (Å²) in [6.45, 7) is 36.6. The van der Waals surface area contributed by atoms with Crippen LogP contribution in [0.1, 0.15) is 52.4 Å². The fourth-order valence-corrected chi connectivity index (χ4v) is 33.8. The molecule has 0 aliphatic heterocycles. The van der Waals surface area contributed by atoms with E-state index in [-0.39, 0.29) is 24.7 Å². The number of hydrogen-bond donors (Lipinski definition) is 4. The molecular formula is C31H73BN2O12Si7. The molecule has 14 nitrogen and oxygen atoms in total. The molecule has 22 heteroatoms. The van der Waals surface area contributed by atoms with Gasteiger partial charge in [-0.05, 0) is 111 Å². The molecule has 0 fully saturated rings. The number of hydrogen-bond acceptors (Lipinski definition) is 10. The highest BCUT2D eigenvalue weighted by Gasteiger charge is 2.52. The SMILES string of the molecule is CCCCNC(=O)/C=C\C(=O)O.CCCCNC(=O)CCC(=O)O.[B][Si](O[Si](C)(C)O[Si](C)(C)C)(O[Si](C)(C)O[Si](C)(C)C)O[Si](C)(C)O[Si](C)(C)C. The van der Waals surface area contributed by atoms with Gasteiger partial charge in [-0.1, -0.05) is 26.7 Å². The van der Waals surface area contributed by atoms with Crippen molar-refractivity contribution in [2.45, 2.75) is 151 Å². The molecule has 2 amide bonds. The molecule has 0 aliphatic rings. The maximum Gasteiger partial charge on any atom is 0.402 e. The summed E-state index contributed by atoms with van der Waals surface area (Å²) < 4.78 is 38.5. The van der Waals surface area contributed by atoms with Crippen LogP contribution in [0.15, 0.2) is 12.2 Å². The minimum atomic E-state index is -3.58. The molecule has 0 heterocycles. The Bertz CT molecular complexity index is 1070. The summed E-state index contributed by atoms with van der Waals surface area (Å²) in [4.78, 5) is 41.6. The zero-order chi connectivity index (χ0) is 42.5. The van der Waals surface area contributed by atoms with Crippen LogP contribution in [0.2, 0.25) is 98.2 Å². The Kier molecular flexibility index (Phi) is 26.8. The molecule has 53 heavy (non-hydrogen) atoms. The van der Waals surface area contributed by atoms with Gasteiger partial charge in [-0.15, -0.1) is 0 Å². The Balaban J connectivity index is -0.000000852. The highest BCUT2D eigenvalue weighted by atomic mass is 28.5. The van der Waals surface area contributed by atoms with E-state index in [0.29, 0.717) is 13.1 Å². The number of rotatable bonds is 23. The van der Waals surface area contributed by atoms with Crippen molar-refractivity contribution in [2.24, 2.45) is 0 Å². The zero-order valence-corrected chi connectivity index (χ0v) is 42.9. The van der Waals surface area contributed by atoms with Crippen molar-refractivity contribution in [1.82, 2.24) is 10.6 Å². The molecule has 0 spiro atoms. The third kappa shape index (κ3) is 40.4. The van der Waals surface area contributed by atoms with Crippen LogP contribution < -0.4 is 10.6 Å². The second kappa shape index (κ2) is 25.3. The fourth-order valence-electron chi connectivity index (χ4n) is 4.67. The number of aliphatic carboxylic acids is 2. The average Bonchev–Trinajstić information content (AvgIpc) is 2.86. The van der Waals surface area contributed by atoms with Gasteiger partial charge in [0.2, 0.25) is 11.8 Å². The fraction of sp³-hybridized carbons (Fsp3) is 0.806.